The van der Waals surface area contributed by atoms with E-state index >= 15 is 0 Å². The van der Waals surface area contributed by atoms with Crippen molar-refractivity contribution in [2.75, 3.05) is 0 Å². The minimum absolute atomic E-state index is 0.407. The van der Waals surface area contributed by atoms with Gasteiger partial charge in [-0.3, -0.25) is 0 Å². The molecule has 1 saturated carbocycles. The van der Waals surface area contributed by atoms with Crippen LogP contribution < -0.4 is 0 Å². The lowest BCUT2D eigenvalue weighted by molar-refractivity contribution is 0.151. The number of benzene rings is 2. The van der Waals surface area contributed by atoms with Crippen molar-refractivity contribution in [3.63, 3.8) is 0 Å². The molecular weight excluding hydrogens is 208 g/mol. The quantitative estimate of drug-likeness (QED) is 0.847. The first-order valence-electron chi connectivity index (χ1n) is 6.12. The van der Waals surface area contributed by atoms with E-state index in [-0.39, 0.29) is 0 Å². The van der Waals surface area contributed by atoms with Crippen LogP contribution in [0.5, 0.6) is 0 Å². The first-order valence-corrected chi connectivity index (χ1v) is 6.12. The summed E-state index contributed by atoms with van der Waals surface area (Å²) in [5, 5.41) is 9.94. The third kappa shape index (κ3) is 2.40. The largest absolute Gasteiger partial charge is 0.390 e. The fourth-order valence-electron chi connectivity index (χ4n) is 2.19. The maximum Gasteiger partial charge on any atom is 0.0690 e. The van der Waals surface area contributed by atoms with E-state index < -0.39 is 5.60 Å². The second-order valence-electron chi connectivity index (χ2n) is 4.97. The molecule has 1 heteroatoms. The molecule has 86 valence electrons. The second-order valence-corrected chi connectivity index (χ2v) is 4.97. The number of rotatable bonds is 3. The van der Waals surface area contributed by atoms with Crippen molar-refractivity contribution in [1.29, 1.82) is 0 Å². The molecule has 0 aliphatic heterocycles. The molecule has 0 unspecified atom stereocenters. The van der Waals surface area contributed by atoms with E-state index in [4.69, 9.17) is 0 Å². The van der Waals surface area contributed by atoms with E-state index in [9.17, 15) is 5.11 Å². The number of aliphatic hydroxyl groups is 1. The van der Waals surface area contributed by atoms with Crippen LogP contribution in [0.3, 0.4) is 0 Å². The zero-order valence-electron chi connectivity index (χ0n) is 9.76. The molecule has 0 heterocycles. The fraction of sp³-hybridized carbons (Fsp3) is 0.250. The maximum atomic E-state index is 9.94. The summed E-state index contributed by atoms with van der Waals surface area (Å²) in [5.41, 5.74) is 3.28. The monoisotopic (exact) mass is 224 g/mol. The Morgan fingerprint density at radius 3 is 2.29 bits per heavy atom. The van der Waals surface area contributed by atoms with Gasteiger partial charge in [-0.2, -0.15) is 0 Å². The molecule has 1 fully saturated rings. The standard InChI is InChI=1S/C16H16O/c17-16(9-10-16)12-13-5-4-8-15(11-13)14-6-2-1-3-7-14/h1-8,11,17H,9-10,12H2. The topological polar surface area (TPSA) is 20.2 Å². The molecule has 1 nitrogen and oxygen atoms in total. The van der Waals surface area contributed by atoms with Crippen molar-refractivity contribution in [2.24, 2.45) is 0 Å². The molecule has 0 amide bonds. The van der Waals surface area contributed by atoms with Crippen LogP contribution in [0, 0.1) is 0 Å². The van der Waals surface area contributed by atoms with E-state index in [0.29, 0.717) is 0 Å². The van der Waals surface area contributed by atoms with Gasteiger partial charge in [0.1, 0.15) is 0 Å². The molecule has 2 aromatic carbocycles. The van der Waals surface area contributed by atoms with Gasteiger partial charge in [-0.15, -0.1) is 0 Å². The predicted molar refractivity (Wildman–Crippen MR) is 69.8 cm³/mol. The summed E-state index contributed by atoms with van der Waals surface area (Å²) in [6, 6.07) is 18.8. The van der Waals surface area contributed by atoms with Gasteiger partial charge >= 0.3 is 0 Å². The molecule has 0 atom stereocenters. The molecule has 0 spiro atoms. The van der Waals surface area contributed by atoms with Crippen molar-refractivity contribution in [3.8, 4) is 11.1 Å². The van der Waals surface area contributed by atoms with Gasteiger partial charge in [-0.05, 0) is 29.5 Å². The molecule has 1 aliphatic rings. The Morgan fingerprint density at radius 1 is 0.882 bits per heavy atom. The van der Waals surface area contributed by atoms with Gasteiger partial charge in [0, 0.05) is 6.42 Å². The van der Waals surface area contributed by atoms with Crippen LogP contribution in [-0.2, 0) is 6.42 Å². The van der Waals surface area contributed by atoms with Crippen molar-refractivity contribution in [2.45, 2.75) is 24.9 Å². The molecule has 1 N–H and O–H groups in total. The Labute approximate surface area is 102 Å². The Bertz CT molecular complexity index is 512. The molecule has 3 rings (SSSR count). The van der Waals surface area contributed by atoms with Crippen LogP contribution in [0.2, 0.25) is 0 Å². The van der Waals surface area contributed by atoms with Crippen molar-refractivity contribution in [3.05, 3.63) is 60.2 Å². The molecule has 17 heavy (non-hydrogen) atoms. The van der Waals surface area contributed by atoms with Gasteiger partial charge in [-0.1, -0.05) is 54.6 Å². The molecule has 1 aliphatic carbocycles. The van der Waals surface area contributed by atoms with E-state index in [1.807, 2.05) is 6.07 Å². The lowest BCUT2D eigenvalue weighted by Crippen LogP contribution is -2.10. The van der Waals surface area contributed by atoms with Crippen LogP contribution in [-0.4, -0.2) is 10.7 Å². The Kier molecular flexibility index (Phi) is 2.49. The summed E-state index contributed by atoms with van der Waals surface area (Å²) >= 11 is 0. The van der Waals surface area contributed by atoms with E-state index in [1.54, 1.807) is 0 Å². The molecule has 0 aromatic heterocycles. The van der Waals surface area contributed by atoms with Crippen molar-refractivity contribution in [1.82, 2.24) is 0 Å². The predicted octanol–water partition coefficient (Wildman–Crippen LogP) is 3.42. The zero-order chi connectivity index (χ0) is 11.7. The van der Waals surface area contributed by atoms with Gasteiger partial charge in [0.05, 0.1) is 5.60 Å². The van der Waals surface area contributed by atoms with Gasteiger partial charge in [0.25, 0.3) is 0 Å². The highest BCUT2D eigenvalue weighted by Gasteiger charge is 2.40. The lowest BCUT2D eigenvalue weighted by atomic mass is 10.00. The summed E-state index contributed by atoms with van der Waals surface area (Å²) in [4.78, 5) is 0. The minimum Gasteiger partial charge on any atom is -0.390 e. The van der Waals surface area contributed by atoms with Gasteiger partial charge in [-0.25, -0.2) is 0 Å². The maximum absolute atomic E-state index is 9.94. The van der Waals surface area contributed by atoms with Gasteiger partial charge < -0.3 is 5.11 Å². The highest BCUT2D eigenvalue weighted by Crippen LogP contribution is 2.38. The summed E-state index contributed by atoms with van der Waals surface area (Å²) in [6.07, 6.45) is 2.68. The molecule has 0 bridgehead atoms. The van der Waals surface area contributed by atoms with E-state index in [2.05, 4.69) is 48.5 Å². The number of hydrogen-bond donors (Lipinski definition) is 1. The van der Waals surface area contributed by atoms with Crippen molar-refractivity contribution < 1.29 is 5.11 Å². The summed E-state index contributed by atoms with van der Waals surface area (Å²) in [7, 11) is 0. The van der Waals surface area contributed by atoms with Gasteiger partial charge in [0.2, 0.25) is 0 Å². The van der Waals surface area contributed by atoms with E-state index in [0.717, 1.165) is 19.3 Å². The van der Waals surface area contributed by atoms with Crippen LogP contribution in [0.25, 0.3) is 11.1 Å². The van der Waals surface area contributed by atoms with Gasteiger partial charge in [0.15, 0.2) is 0 Å². The second kappa shape index (κ2) is 4.01. The molecular formula is C16H16O. The smallest absolute Gasteiger partial charge is 0.0690 e. The summed E-state index contributed by atoms with van der Waals surface area (Å²) in [6.45, 7) is 0. The highest BCUT2D eigenvalue weighted by atomic mass is 16.3. The molecule has 2 aromatic rings. The van der Waals surface area contributed by atoms with Crippen LogP contribution >= 0.6 is 0 Å². The minimum atomic E-state index is -0.407. The first kappa shape index (κ1) is 10.5. The highest BCUT2D eigenvalue weighted by molar-refractivity contribution is 5.64. The SMILES string of the molecule is OC1(Cc2cccc(-c3ccccc3)c2)CC1. The number of hydrogen-bond acceptors (Lipinski definition) is 1. The van der Waals surface area contributed by atoms with Crippen LogP contribution in [0.15, 0.2) is 54.6 Å². The van der Waals surface area contributed by atoms with Crippen molar-refractivity contribution >= 4 is 0 Å². The average molecular weight is 224 g/mol. The van der Waals surface area contributed by atoms with Crippen LogP contribution in [0.1, 0.15) is 18.4 Å². The normalized spacial score (nSPS) is 16.8. The summed E-state index contributed by atoms with van der Waals surface area (Å²) in [5.74, 6) is 0. The van der Waals surface area contributed by atoms with Crippen LogP contribution in [0.4, 0.5) is 0 Å². The Hall–Kier alpha value is -1.60. The zero-order valence-corrected chi connectivity index (χ0v) is 9.76. The Morgan fingerprint density at radius 2 is 1.59 bits per heavy atom. The van der Waals surface area contributed by atoms with E-state index in [1.165, 1.54) is 16.7 Å². The third-order valence-corrected chi connectivity index (χ3v) is 3.39. The fourth-order valence-corrected chi connectivity index (χ4v) is 2.19. The molecule has 0 saturated heterocycles. The summed E-state index contributed by atoms with van der Waals surface area (Å²) < 4.78 is 0. The molecule has 0 radical (unpaired) electrons. The Balaban J connectivity index is 1.89. The average Bonchev–Trinajstić information content (AvgIpc) is 3.08. The third-order valence-electron chi connectivity index (χ3n) is 3.39. The first-order chi connectivity index (χ1) is 8.25. The lowest BCUT2D eigenvalue weighted by Gasteiger charge is -2.09.